The van der Waals surface area contributed by atoms with E-state index >= 15 is 0 Å². The molecule has 0 saturated heterocycles. The van der Waals surface area contributed by atoms with Crippen LogP contribution in [0.1, 0.15) is 55.5 Å². The lowest BCUT2D eigenvalue weighted by Crippen LogP contribution is -2.37. The Labute approximate surface area is 312 Å². The van der Waals surface area contributed by atoms with E-state index in [1.807, 2.05) is 24.3 Å². The lowest BCUT2D eigenvalue weighted by Gasteiger charge is -2.22. The summed E-state index contributed by atoms with van der Waals surface area (Å²) >= 11 is 1.25. The van der Waals surface area contributed by atoms with Crippen LogP contribution in [0.4, 0.5) is 22.9 Å². The van der Waals surface area contributed by atoms with Crippen LogP contribution in [0, 0.1) is 0 Å². The number of thiophene rings is 1. The number of carbonyl (C=O) groups excluding carboxylic acids is 4. The average molecular weight is 750 g/mol. The Morgan fingerprint density at radius 1 is 1.00 bits per heavy atom. The first-order chi connectivity index (χ1) is 26.1. The summed E-state index contributed by atoms with van der Waals surface area (Å²) in [6.07, 6.45) is 4.30. The fourth-order valence-electron chi connectivity index (χ4n) is 6.34. The topological polar surface area (TPSA) is 194 Å². The number of carbonyl (C=O) groups is 5. The van der Waals surface area contributed by atoms with Crippen LogP contribution in [-0.2, 0) is 23.1 Å². The highest BCUT2D eigenvalue weighted by Crippen LogP contribution is 2.41. The van der Waals surface area contributed by atoms with Crippen molar-refractivity contribution in [3.05, 3.63) is 88.7 Å². The van der Waals surface area contributed by atoms with Crippen molar-refractivity contribution < 1.29 is 38.6 Å². The Hall–Kier alpha value is -6.55. The molecule has 0 fully saturated rings. The molecule has 0 unspecified atom stereocenters. The van der Waals surface area contributed by atoms with Crippen LogP contribution in [-0.4, -0.2) is 76.8 Å². The number of aliphatic carboxylic acids is 1. The highest BCUT2D eigenvalue weighted by atomic mass is 32.1. The van der Waals surface area contributed by atoms with Gasteiger partial charge in [-0.2, -0.15) is 0 Å². The number of nitrogens with one attached hydrogen (secondary N) is 3. The van der Waals surface area contributed by atoms with Crippen LogP contribution >= 0.6 is 11.3 Å². The van der Waals surface area contributed by atoms with Crippen molar-refractivity contribution in [3.8, 4) is 11.5 Å². The largest absolute Gasteiger partial charge is 0.493 e. The second kappa shape index (κ2) is 15.2. The molecular weight excluding hydrogens is 715 g/mol. The van der Waals surface area contributed by atoms with Gasteiger partial charge in [0.05, 0.1) is 42.3 Å². The molecule has 0 saturated carbocycles. The Kier molecular flexibility index (Phi) is 10.1. The smallest absolute Gasteiger partial charge is 0.305 e. The van der Waals surface area contributed by atoms with E-state index in [0.717, 1.165) is 21.3 Å². The molecule has 0 bridgehead atoms. The Bertz CT molecular complexity index is 2350. The van der Waals surface area contributed by atoms with E-state index in [1.165, 1.54) is 29.2 Å². The van der Waals surface area contributed by atoms with Crippen LogP contribution in [0.25, 0.3) is 10.1 Å². The minimum absolute atomic E-state index is 0.0208. The molecule has 3 aromatic carbocycles. The van der Waals surface area contributed by atoms with Crippen molar-refractivity contribution in [1.29, 1.82) is 0 Å². The van der Waals surface area contributed by atoms with Gasteiger partial charge in [0.1, 0.15) is 0 Å². The molecule has 2 aliphatic rings. The van der Waals surface area contributed by atoms with Crippen LogP contribution in [0.15, 0.2) is 71.9 Å². The molecule has 0 spiro atoms. The Balaban J connectivity index is 0.916. The van der Waals surface area contributed by atoms with E-state index in [1.54, 1.807) is 54.6 Å². The summed E-state index contributed by atoms with van der Waals surface area (Å²) in [6, 6.07) is 17.8. The molecule has 0 radical (unpaired) electrons. The summed E-state index contributed by atoms with van der Waals surface area (Å²) in [5.74, 6) is -1.30. The van der Waals surface area contributed by atoms with Gasteiger partial charge in [-0.05, 0) is 53.8 Å². The third-order valence-corrected chi connectivity index (χ3v) is 10.0. The van der Waals surface area contributed by atoms with Crippen LogP contribution in [0.5, 0.6) is 11.5 Å². The Morgan fingerprint density at radius 3 is 2.65 bits per heavy atom. The van der Waals surface area contributed by atoms with Gasteiger partial charge in [0.25, 0.3) is 17.7 Å². The van der Waals surface area contributed by atoms with Gasteiger partial charge in [-0.3, -0.25) is 33.9 Å². The third-order valence-electron chi connectivity index (χ3n) is 8.90. The average Bonchev–Trinajstić information content (AvgIpc) is 3.83. The molecule has 0 aliphatic carbocycles. The van der Waals surface area contributed by atoms with Gasteiger partial charge >= 0.3 is 5.97 Å². The van der Waals surface area contributed by atoms with Crippen LogP contribution < -0.4 is 30.3 Å². The summed E-state index contributed by atoms with van der Waals surface area (Å²) in [6.45, 7) is 0.205. The molecule has 15 nitrogen and oxygen atoms in total. The van der Waals surface area contributed by atoms with Gasteiger partial charge in [0.15, 0.2) is 17.3 Å². The number of anilines is 3. The number of imidazole rings is 1. The van der Waals surface area contributed by atoms with E-state index < -0.39 is 11.9 Å². The van der Waals surface area contributed by atoms with Gasteiger partial charge in [-0.15, -0.1) is 11.3 Å². The molecule has 54 heavy (non-hydrogen) atoms. The fraction of sp³-hybridized carbons (Fsp3) is 0.237. The van der Waals surface area contributed by atoms with Gasteiger partial charge in [-0.25, -0.2) is 4.98 Å². The lowest BCUT2D eigenvalue weighted by atomic mass is 10.1. The number of carboxylic acids is 1. The molecule has 2 aliphatic heterocycles. The third kappa shape index (κ3) is 7.50. The van der Waals surface area contributed by atoms with Crippen LogP contribution in [0.2, 0.25) is 0 Å². The zero-order valence-corrected chi connectivity index (χ0v) is 30.1. The lowest BCUT2D eigenvalue weighted by molar-refractivity contribution is -0.136. The number of carboxylic acid groups (broad SMARTS) is 1. The maximum absolute atomic E-state index is 13.6. The number of aryl methyl sites for hydroxylation is 1. The zero-order chi connectivity index (χ0) is 37.9. The molecule has 16 heteroatoms. The maximum Gasteiger partial charge on any atom is 0.305 e. The van der Waals surface area contributed by atoms with Crippen molar-refractivity contribution in [2.45, 2.75) is 31.7 Å². The van der Waals surface area contributed by atoms with E-state index in [2.05, 4.69) is 25.9 Å². The van der Waals surface area contributed by atoms with Crippen molar-refractivity contribution in [2.24, 2.45) is 12.0 Å². The molecule has 4 amide bonds. The number of para-hydroxylation sites is 1. The van der Waals surface area contributed by atoms with Gasteiger partial charge in [0.2, 0.25) is 11.7 Å². The number of aromatic nitrogens is 2. The fourth-order valence-corrected chi connectivity index (χ4v) is 7.30. The van der Waals surface area contributed by atoms with Gasteiger partial charge in [0, 0.05) is 61.0 Å². The number of hydrogen-bond donors (Lipinski definition) is 4. The predicted molar refractivity (Wildman–Crippen MR) is 203 cm³/mol. The standard InChI is InChI=1S/C38H35N7O8S/c1-44-20-32(43-35(44)37(50)41-23-9-10-30-22(14-23)16-31(54-30)36(49)39-12-11-34(47)48)42-33(46)8-5-13-53-29-18-26-25(17-28(29)52-2)38(51)45-24(19-40-26)15-21-6-3-4-7-27(21)45/h3-4,6-7,9-10,14,16-20,24H,5,8,11-13,15H2,1-2H3,(H,39,49)(H,41,50)(H,42,46)(H,47,48)/t24-/m0/s1. The van der Waals surface area contributed by atoms with Crippen LogP contribution in [0.3, 0.4) is 0 Å². The minimum atomic E-state index is -1.00. The van der Waals surface area contributed by atoms with Gasteiger partial charge < -0.3 is 35.1 Å². The van der Waals surface area contributed by atoms with E-state index in [9.17, 15) is 24.0 Å². The Morgan fingerprint density at radius 2 is 1.83 bits per heavy atom. The molecule has 1 atom stereocenters. The summed E-state index contributed by atoms with van der Waals surface area (Å²) in [4.78, 5) is 73.8. The van der Waals surface area contributed by atoms with Crippen molar-refractivity contribution in [3.63, 3.8) is 0 Å². The highest BCUT2D eigenvalue weighted by Gasteiger charge is 2.36. The predicted octanol–water partition coefficient (Wildman–Crippen LogP) is 5.19. The van der Waals surface area contributed by atoms with E-state index in [-0.39, 0.29) is 61.4 Å². The first-order valence-electron chi connectivity index (χ1n) is 17.1. The van der Waals surface area contributed by atoms with Crippen molar-refractivity contribution >= 4 is 80.1 Å². The second-order valence-corrected chi connectivity index (χ2v) is 13.7. The van der Waals surface area contributed by atoms with Crippen molar-refractivity contribution in [1.82, 2.24) is 14.9 Å². The number of rotatable bonds is 13. The second-order valence-electron chi connectivity index (χ2n) is 12.7. The maximum atomic E-state index is 13.6. The number of amides is 4. The molecular formula is C38H35N7O8S. The first kappa shape index (κ1) is 35.8. The molecule has 4 N–H and O–H groups in total. The number of ether oxygens (including phenoxy) is 2. The molecule has 2 aromatic heterocycles. The van der Waals surface area contributed by atoms with Crippen molar-refractivity contribution in [2.75, 3.05) is 35.8 Å². The number of hydrogen-bond acceptors (Lipinski definition) is 10. The molecule has 5 aromatic rings. The van der Waals surface area contributed by atoms with E-state index in [4.69, 9.17) is 14.6 Å². The molecule has 276 valence electrons. The summed E-state index contributed by atoms with van der Waals surface area (Å²) < 4.78 is 13.9. The zero-order valence-electron chi connectivity index (χ0n) is 29.3. The monoisotopic (exact) mass is 749 g/mol. The highest BCUT2D eigenvalue weighted by molar-refractivity contribution is 7.20. The van der Waals surface area contributed by atoms with E-state index in [0.29, 0.717) is 46.2 Å². The number of fused-ring (bicyclic) bond motifs is 5. The minimum Gasteiger partial charge on any atom is -0.493 e. The summed E-state index contributed by atoms with van der Waals surface area (Å²) in [5, 5.41) is 17.6. The number of nitrogens with zero attached hydrogens (tertiary/aromatic N) is 4. The van der Waals surface area contributed by atoms with Gasteiger partial charge in [-0.1, -0.05) is 18.2 Å². The molecule has 4 heterocycles. The quantitative estimate of drug-likeness (QED) is 0.117. The summed E-state index contributed by atoms with van der Waals surface area (Å²) in [7, 11) is 3.13. The first-order valence-corrected chi connectivity index (χ1v) is 17.9. The molecule has 7 rings (SSSR count). The number of benzene rings is 3. The normalized spacial score (nSPS) is 14.1. The number of methoxy groups -OCH3 is 1. The SMILES string of the molecule is COc1cc2c(cc1OCCCC(=O)Nc1cn(C)c(C(=O)Nc3ccc4sc(C(=O)NCCC(=O)O)cc4c3)n1)N=C[C@@H]1Cc3ccccc3N1C2=O. The summed E-state index contributed by atoms with van der Waals surface area (Å²) in [5.41, 5.74) is 3.34. The number of aliphatic imine (C=N–C) groups is 1.